The molecular formula is C27H39N5O5S. The molecule has 0 saturated carbocycles. The Morgan fingerprint density at radius 1 is 0.921 bits per heavy atom. The molecule has 38 heavy (non-hydrogen) atoms. The maximum atomic E-state index is 12.6. The summed E-state index contributed by atoms with van der Waals surface area (Å²) >= 11 is 1.10. The lowest BCUT2D eigenvalue weighted by Crippen LogP contribution is -2.53. The van der Waals surface area contributed by atoms with Gasteiger partial charge in [-0.05, 0) is 29.7 Å². The number of benzene rings is 1. The highest BCUT2D eigenvalue weighted by Crippen LogP contribution is 2.07. The molecule has 2 atom stereocenters. The molecule has 0 saturated heterocycles. The zero-order valence-corrected chi connectivity index (χ0v) is 23.7. The molecule has 0 aliphatic carbocycles. The van der Waals surface area contributed by atoms with E-state index in [1.54, 1.807) is 25.3 Å². The number of amides is 4. The molecule has 2 aromatic rings. The number of hydrogen-bond donors (Lipinski definition) is 4. The van der Waals surface area contributed by atoms with Crippen molar-refractivity contribution >= 4 is 35.4 Å². The summed E-state index contributed by atoms with van der Waals surface area (Å²) in [6.45, 7) is 8.58. The number of ether oxygens (including phenoxy) is 1. The van der Waals surface area contributed by atoms with Crippen LogP contribution in [0, 0.1) is 5.92 Å². The Morgan fingerprint density at radius 2 is 1.55 bits per heavy atom. The summed E-state index contributed by atoms with van der Waals surface area (Å²) < 4.78 is 4.98. The summed E-state index contributed by atoms with van der Waals surface area (Å²) in [7, 11) is 1.50. The fourth-order valence-electron chi connectivity index (χ4n) is 2.84. The molecular weight excluding hydrogens is 506 g/mol. The molecule has 4 N–H and O–H groups in total. The summed E-state index contributed by atoms with van der Waals surface area (Å²) in [5.41, 5.74) is 1.60. The van der Waals surface area contributed by atoms with E-state index in [-0.39, 0.29) is 13.0 Å². The van der Waals surface area contributed by atoms with Gasteiger partial charge in [-0.25, -0.2) is 9.78 Å². The Kier molecular flexibility index (Phi) is 15.2. The van der Waals surface area contributed by atoms with Gasteiger partial charge in [0, 0.05) is 25.4 Å². The number of carbonyl (C=O) groups is 4. The Balaban J connectivity index is 0.00000168. The number of urea groups is 1. The van der Waals surface area contributed by atoms with Gasteiger partial charge in [0.2, 0.25) is 11.7 Å². The van der Waals surface area contributed by atoms with Crippen molar-refractivity contribution in [3.63, 3.8) is 0 Å². The molecule has 0 aliphatic rings. The molecule has 4 amide bonds. The summed E-state index contributed by atoms with van der Waals surface area (Å²) in [6.07, 6.45) is 3.39. The summed E-state index contributed by atoms with van der Waals surface area (Å²) in [6, 6.07) is 11.1. The highest BCUT2D eigenvalue weighted by atomic mass is 32.2. The van der Waals surface area contributed by atoms with Gasteiger partial charge in [-0.1, -0.05) is 64.1 Å². The second-order valence-electron chi connectivity index (χ2n) is 8.89. The highest BCUT2D eigenvalue weighted by molar-refractivity contribution is 7.99. The second-order valence-corrected chi connectivity index (χ2v) is 9.83. The lowest BCUT2D eigenvalue weighted by Gasteiger charge is -2.21. The second kappa shape index (κ2) is 17.8. The smallest absolute Gasteiger partial charge is 0.316 e. The van der Waals surface area contributed by atoms with E-state index in [2.05, 4.69) is 47.0 Å². The first-order valence-electron chi connectivity index (χ1n) is 12.3. The van der Waals surface area contributed by atoms with Gasteiger partial charge in [-0.3, -0.25) is 14.4 Å². The topological polar surface area (TPSA) is 139 Å². The summed E-state index contributed by atoms with van der Waals surface area (Å²) in [4.78, 5) is 53.7. The summed E-state index contributed by atoms with van der Waals surface area (Å²) in [5, 5.41) is 9.38. The van der Waals surface area contributed by atoms with Gasteiger partial charge in [0.05, 0.1) is 13.2 Å². The molecule has 0 aliphatic heterocycles. The van der Waals surface area contributed by atoms with Crippen LogP contribution in [0.2, 0.25) is 0 Å². The van der Waals surface area contributed by atoms with Crippen LogP contribution >= 0.6 is 11.8 Å². The average molecular weight is 546 g/mol. The van der Waals surface area contributed by atoms with Gasteiger partial charge in [-0.15, -0.1) is 11.8 Å². The number of ketones is 1. The minimum Gasteiger partial charge on any atom is -0.481 e. The van der Waals surface area contributed by atoms with Gasteiger partial charge < -0.3 is 26.0 Å². The number of aromatic nitrogens is 1. The molecule has 1 aromatic heterocycles. The number of hydrogen-bond acceptors (Lipinski definition) is 7. The van der Waals surface area contributed by atoms with Crippen LogP contribution in [-0.2, 0) is 27.5 Å². The first kappa shape index (κ1) is 32.4. The molecule has 0 spiro atoms. The van der Waals surface area contributed by atoms with E-state index < -0.39 is 35.0 Å². The third-order valence-electron chi connectivity index (χ3n) is 4.76. The van der Waals surface area contributed by atoms with Crippen LogP contribution < -0.4 is 26.0 Å². The quantitative estimate of drug-likeness (QED) is 0.238. The lowest BCUT2D eigenvalue weighted by atomic mass is 10.1. The monoisotopic (exact) mass is 545 g/mol. The number of nitrogens with zero attached hydrogens (tertiary/aromatic N) is 1. The molecule has 1 heterocycles. The Bertz CT molecular complexity index is 1020. The third kappa shape index (κ3) is 12.6. The van der Waals surface area contributed by atoms with Gasteiger partial charge >= 0.3 is 6.03 Å². The first-order chi connectivity index (χ1) is 18.1. The predicted molar refractivity (Wildman–Crippen MR) is 149 cm³/mol. The molecule has 2 rings (SSSR count). The van der Waals surface area contributed by atoms with Gasteiger partial charge in [0.1, 0.15) is 0 Å². The van der Waals surface area contributed by atoms with E-state index in [1.165, 1.54) is 13.3 Å². The van der Waals surface area contributed by atoms with Gasteiger partial charge in [-0.2, -0.15) is 0 Å². The predicted octanol–water partition coefficient (Wildman–Crippen LogP) is 3.02. The highest BCUT2D eigenvalue weighted by Gasteiger charge is 2.28. The maximum Gasteiger partial charge on any atom is 0.316 e. The van der Waals surface area contributed by atoms with E-state index in [0.717, 1.165) is 23.2 Å². The van der Waals surface area contributed by atoms with Crippen LogP contribution in [0.5, 0.6) is 5.88 Å². The molecule has 208 valence electrons. The van der Waals surface area contributed by atoms with Crippen LogP contribution in [-0.4, -0.2) is 53.4 Å². The fourth-order valence-corrected chi connectivity index (χ4v) is 3.35. The minimum atomic E-state index is -1.02. The van der Waals surface area contributed by atoms with E-state index in [1.807, 2.05) is 30.3 Å². The minimum absolute atomic E-state index is 0.0997. The number of Topliss-reactive ketones (excluding diaryl/α,β-unsaturated/α-hetero) is 1. The van der Waals surface area contributed by atoms with Crippen molar-refractivity contribution in [2.75, 3.05) is 13.4 Å². The third-order valence-corrected chi connectivity index (χ3v) is 5.56. The van der Waals surface area contributed by atoms with Crippen molar-refractivity contribution in [3.8, 4) is 5.88 Å². The molecule has 0 radical (unpaired) electrons. The van der Waals surface area contributed by atoms with E-state index in [4.69, 9.17) is 4.74 Å². The normalized spacial score (nSPS) is 11.8. The van der Waals surface area contributed by atoms with Gasteiger partial charge in [0.25, 0.3) is 11.8 Å². The largest absolute Gasteiger partial charge is 0.481 e. The van der Waals surface area contributed by atoms with Crippen molar-refractivity contribution in [2.45, 2.75) is 58.6 Å². The van der Waals surface area contributed by atoms with Crippen LogP contribution in [0.1, 0.15) is 45.2 Å². The molecule has 0 fully saturated rings. The van der Waals surface area contributed by atoms with E-state index >= 15 is 0 Å². The lowest BCUT2D eigenvalue weighted by molar-refractivity contribution is -0.140. The number of thioether (sulfide) groups is 1. The zero-order chi connectivity index (χ0) is 28.5. The van der Waals surface area contributed by atoms with Crippen LogP contribution in [0.15, 0.2) is 48.7 Å². The maximum absolute atomic E-state index is 12.6. The van der Waals surface area contributed by atoms with Crippen molar-refractivity contribution in [3.05, 3.63) is 59.8 Å². The standard InChI is InChI=1S/C23H29N5O5S.C4H10/c1-4-17(19(29)20(30)25-14-16-10-11-18(33-2)24-13-16)27-21(31)22(34-3)28-23(32)26-12-15-8-6-5-7-9-15;1-4(2)3/h5-11,13,17,22H,4,12,14H2,1-3H3,(H,25,30)(H,27,31)(H2,26,28,32);4H,1-3H3. The van der Waals surface area contributed by atoms with Crippen LogP contribution in [0.4, 0.5) is 4.79 Å². The fraction of sp³-hybridized carbons (Fsp3) is 0.444. The Labute approximate surface area is 229 Å². The number of rotatable bonds is 12. The van der Waals surface area contributed by atoms with Crippen molar-refractivity contribution in [1.82, 2.24) is 26.3 Å². The summed E-state index contributed by atoms with van der Waals surface area (Å²) in [5.74, 6) is -0.900. The molecule has 0 bridgehead atoms. The number of pyridine rings is 1. The van der Waals surface area contributed by atoms with Crippen molar-refractivity contribution < 1.29 is 23.9 Å². The SMILES string of the molecule is CC(C)C.CCC(NC(=O)C(NC(=O)NCc1ccccc1)SC)C(=O)C(=O)NCc1ccc(OC)nc1. The van der Waals surface area contributed by atoms with E-state index in [9.17, 15) is 19.2 Å². The van der Waals surface area contributed by atoms with Crippen LogP contribution in [0.3, 0.4) is 0 Å². The molecule has 10 nitrogen and oxygen atoms in total. The van der Waals surface area contributed by atoms with Crippen molar-refractivity contribution in [1.29, 1.82) is 0 Å². The molecule has 11 heteroatoms. The number of carbonyl (C=O) groups excluding carboxylic acids is 4. The zero-order valence-electron chi connectivity index (χ0n) is 22.9. The number of nitrogens with one attached hydrogen (secondary N) is 4. The average Bonchev–Trinajstić information content (AvgIpc) is 2.92. The van der Waals surface area contributed by atoms with E-state index in [0.29, 0.717) is 18.0 Å². The molecule has 2 unspecified atom stereocenters. The molecule has 1 aromatic carbocycles. The van der Waals surface area contributed by atoms with Crippen molar-refractivity contribution in [2.24, 2.45) is 5.92 Å². The number of methoxy groups -OCH3 is 1. The Hall–Kier alpha value is -3.60. The first-order valence-corrected chi connectivity index (χ1v) is 13.6. The van der Waals surface area contributed by atoms with Gasteiger partial charge in [0.15, 0.2) is 5.37 Å². The van der Waals surface area contributed by atoms with Crippen LogP contribution in [0.25, 0.3) is 0 Å². The Morgan fingerprint density at radius 3 is 2.08 bits per heavy atom.